The molecule has 1 rings (SSSR count). The number of carbonyl (C=O) groups is 2. The molecule has 21 heavy (non-hydrogen) atoms. The molecule has 7 heteroatoms. The largest absolute Gasteiger partial charge is 0.462 e. The first-order valence-electron chi connectivity index (χ1n) is 6.72. The lowest BCUT2D eigenvalue weighted by atomic mass is 10.1. The number of carbonyl (C=O) groups excluding carboxylic acids is 2. The second kappa shape index (κ2) is 7.98. The first-order chi connectivity index (χ1) is 9.97. The molecule has 0 saturated heterocycles. The Kier molecular flexibility index (Phi) is 6.32. The zero-order valence-corrected chi connectivity index (χ0v) is 12.6. The molecule has 0 atom stereocenters. The van der Waals surface area contributed by atoms with E-state index in [9.17, 15) is 9.59 Å². The molecule has 2 amide bonds. The van der Waals surface area contributed by atoms with Gasteiger partial charge < -0.3 is 26.0 Å². The van der Waals surface area contributed by atoms with Gasteiger partial charge in [0.05, 0.1) is 23.5 Å². The quantitative estimate of drug-likeness (QED) is 0.415. The SMILES string of the molecule is CCOC(=O)c1cccc(NCCNC(=O)N(C)C)c1N. The molecule has 0 fully saturated rings. The van der Waals surface area contributed by atoms with Crippen LogP contribution in [0.3, 0.4) is 0 Å². The standard InChI is InChI=1S/C14H22N4O3/c1-4-21-13(19)10-6-5-7-11(12(10)15)16-8-9-17-14(20)18(2)3/h5-7,16H,4,8-9,15H2,1-3H3,(H,17,20). The molecule has 0 bridgehead atoms. The van der Waals surface area contributed by atoms with Crippen LogP contribution in [0.5, 0.6) is 0 Å². The molecule has 0 saturated carbocycles. The molecule has 4 N–H and O–H groups in total. The molecule has 0 radical (unpaired) electrons. The highest BCUT2D eigenvalue weighted by Crippen LogP contribution is 2.23. The molecule has 116 valence electrons. The van der Waals surface area contributed by atoms with Crippen molar-refractivity contribution in [1.82, 2.24) is 10.2 Å². The van der Waals surface area contributed by atoms with Crippen molar-refractivity contribution in [2.75, 3.05) is 44.8 Å². The molecule has 1 aromatic carbocycles. The van der Waals surface area contributed by atoms with Gasteiger partial charge in [-0.1, -0.05) is 6.07 Å². The summed E-state index contributed by atoms with van der Waals surface area (Å²) in [6, 6.07) is 4.95. The first-order valence-corrected chi connectivity index (χ1v) is 6.72. The van der Waals surface area contributed by atoms with Crippen molar-refractivity contribution < 1.29 is 14.3 Å². The summed E-state index contributed by atoms with van der Waals surface area (Å²) < 4.78 is 4.94. The van der Waals surface area contributed by atoms with Crippen LogP contribution in [-0.2, 0) is 4.74 Å². The number of anilines is 2. The molecule has 1 aromatic rings. The summed E-state index contributed by atoms with van der Waals surface area (Å²) in [4.78, 5) is 24.5. The number of hydrogen-bond donors (Lipinski definition) is 3. The van der Waals surface area contributed by atoms with E-state index in [4.69, 9.17) is 10.5 Å². The normalized spacial score (nSPS) is 9.86. The van der Waals surface area contributed by atoms with Gasteiger partial charge in [-0.3, -0.25) is 0 Å². The Balaban J connectivity index is 2.58. The van der Waals surface area contributed by atoms with Crippen LogP contribution in [0.25, 0.3) is 0 Å². The number of esters is 1. The Morgan fingerprint density at radius 1 is 1.29 bits per heavy atom. The maximum absolute atomic E-state index is 11.7. The molecule has 0 unspecified atom stereocenters. The third-order valence-electron chi connectivity index (χ3n) is 2.72. The van der Waals surface area contributed by atoms with Gasteiger partial charge in [0.15, 0.2) is 0 Å². The minimum atomic E-state index is -0.445. The van der Waals surface area contributed by atoms with Crippen LogP contribution in [0.1, 0.15) is 17.3 Å². The molecule has 0 spiro atoms. The maximum Gasteiger partial charge on any atom is 0.340 e. The predicted molar refractivity (Wildman–Crippen MR) is 82.4 cm³/mol. The maximum atomic E-state index is 11.7. The number of amides is 2. The highest BCUT2D eigenvalue weighted by Gasteiger charge is 2.13. The summed E-state index contributed by atoms with van der Waals surface area (Å²) >= 11 is 0. The van der Waals surface area contributed by atoms with E-state index < -0.39 is 5.97 Å². The van der Waals surface area contributed by atoms with Crippen molar-refractivity contribution in [3.8, 4) is 0 Å². The van der Waals surface area contributed by atoms with Crippen LogP contribution in [0.15, 0.2) is 18.2 Å². The van der Waals surface area contributed by atoms with Crippen LogP contribution in [0, 0.1) is 0 Å². The predicted octanol–water partition coefficient (Wildman–Crippen LogP) is 1.13. The lowest BCUT2D eigenvalue weighted by Gasteiger charge is -2.14. The molecule has 0 aromatic heterocycles. The number of ether oxygens (including phenoxy) is 1. The zero-order chi connectivity index (χ0) is 15.8. The second-order valence-electron chi connectivity index (χ2n) is 4.54. The summed E-state index contributed by atoms with van der Waals surface area (Å²) in [5, 5.41) is 5.80. The van der Waals surface area contributed by atoms with E-state index >= 15 is 0 Å². The van der Waals surface area contributed by atoms with Gasteiger partial charge in [-0.05, 0) is 19.1 Å². The van der Waals surface area contributed by atoms with E-state index in [1.165, 1.54) is 4.90 Å². The summed E-state index contributed by atoms with van der Waals surface area (Å²) in [5.74, 6) is -0.445. The summed E-state index contributed by atoms with van der Waals surface area (Å²) in [7, 11) is 3.34. The summed E-state index contributed by atoms with van der Waals surface area (Å²) in [6.07, 6.45) is 0. The van der Waals surface area contributed by atoms with Gasteiger partial charge in [0.2, 0.25) is 0 Å². The number of nitrogens with one attached hydrogen (secondary N) is 2. The highest BCUT2D eigenvalue weighted by atomic mass is 16.5. The van der Waals surface area contributed by atoms with Gasteiger partial charge in [0, 0.05) is 27.2 Å². The Hall–Kier alpha value is -2.44. The number of benzene rings is 1. The lowest BCUT2D eigenvalue weighted by Crippen LogP contribution is -2.37. The fourth-order valence-corrected chi connectivity index (χ4v) is 1.63. The first kappa shape index (κ1) is 16.6. The van der Waals surface area contributed by atoms with Crippen molar-refractivity contribution in [1.29, 1.82) is 0 Å². The van der Waals surface area contributed by atoms with Crippen LogP contribution in [0.4, 0.5) is 16.2 Å². The minimum absolute atomic E-state index is 0.162. The van der Waals surface area contributed by atoms with Crippen LogP contribution in [0.2, 0.25) is 0 Å². The highest BCUT2D eigenvalue weighted by molar-refractivity contribution is 5.98. The van der Waals surface area contributed by atoms with Crippen molar-refractivity contribution in [2.45, 2.75) is 6.92 Å². The Morgan fingerprint density at radius 2 is 2.00 bits per heavy atom. The fraction of sp³-hybridized carbons (Fsp3) is 0.429. The van der Waals surface area contributed by atoms with Gasteiger partial charge >= 0.3 is 12.0 Å². The molecule has 0 aliphatic rings. The Morgan fingerprint density at radius 3 is 2.62 bits per heavy atom. The van der Waals surface area contributed by atoms with Crippen molar-refractivity contribution in [2.24, 2.45) is 0 Å². The van der Waals surface area contributed by atoms with Crippen LogP contribution in [-0.4, -0.2) is 50.7 Å². The third kappa shape index (κ3) is 4.87. The third-order valence-corrected chi connectivity index (χ3v) is 2.72. The average molecular weight is 294 g/mol. The monoisotopic (exact) mass is 294 g/mol. The summed E-state index contributed by atoms with van der Waals surface area (Å²) in [6.45, 7) is 2.98. The molecule has 7 nitrogen and oxygen atoms in total. The van der Waals surface area contributed by atoms with E-state index in [1.807, 2.05) is 0 Å². The van der Waals surface area contributed by atoms with E-state index in [-0.39, 0.29) is 6.03 Å². The molecular formula is C14H22N4O3. The smallest absolute Gasteiger partial charge is 0.340 e. The van der Waals surface area contributed by atoms with Crippen molar-refractivity contribution in [3.05, 3.63) is 23.8 Å². The van der Waals surface area contributed by atoms with Gasteiger partial charge in [0.25, 0.3) is 0 Å². The number of nitrogen functional groups attached to an aromatic ring is 1. The van der Waals surface area contributed by atoms with Crippen LogP contribution >= 0.6 is 0 Å². The average Bonchev–Trinajstić information content (AvgIpc) is 2.44. The molecule has 0 aliphatic carbocycles. The Labute approximate surface area is 124 Å². The zero-order valence-electron chi connectivity index (χ0n) is 12.6. The number of nitrogens with zero attached hydrogens (tertiary/aromatic N) is 1. The van der Waals surface area contributed by atoms with Gasteiger partial charge in [-0.25, -0.2) is 9.59 Å². The van der Waals surface area contributed by atoms with E-state index in [0.717, 1.165) is 0 Å². The van der Waals surface area contributed by atoms with Crippen molar-refractivity contribution in [3.63, 3.8) is 0 Å². The molecule has 0 heterocycles. The van der Waals surface area contributed by atoms with Gasteiger partial charge in [0.1, 0.15) is 0 Å². The topological polar surface area (TPSA) is 96.7 Å². The number of rotatable bonds is 6. The number of hydrogen-bond acceptors (Lipinski definition) is 5. The van der Waals surface area contributed by atoms with E-state index in [2.05, 4.69) is 10.6 Å². The number of para-hydroxylation sites is 1. The van der Waals surface area contributed by atoms with Crippen LogP contribution < -0.4 is 16.4 Å². The molecule has 0 aliphatic heterocycles. The Bertz CT molecular complexity index is 503. The fourth-order valence-electron chi connectivity index (χ4n) is 1.63. The molecular weight excluding hydrogens is 272 g/mol. The number of nitrogens with two attached hydrogens (primary N) is 1. The van der Waals surface area contributed by atoms with E-state index in [0.29, 0.717) is 36.6 Å². The van der Waals surface area contributed by atoms with E-state index in [1.54, 1.807) is 39.2 Å². The van der Waals surface area contributed by atoms with Gasteiger partial charge in [-0.2, -0.15) is 0 Å². The number of urea groups is 1. The van der Waals surface area contributed by atoms with Gasteiger partial charge in [-0.15, -0.1) is 0 Å². The minimum Gasteiger partial charge on any atom is -0.462 e. The van der Waals surface area contributed by atoms with Crippen molar-refractivity contribution >= 4 is 23.4 Å². The second-order valence-corrected chi connectivity index (χ2v) is 4.54. The lowest BCUT2D eigenvalue weighted by molar-refractivity contribution is 0.0527. The summed E-state index contributed by atoms with van der Waals surface area (Å²) in [5.41, 5.74) is 7.26.